The smallest absolute Gasteiger partial charge is 0.325 e. The van der Waals surface area contributed by atoms with Crippen LogP contribution in [-0.2, 0) is 10.3 Å². The molecule has 0 radical (unpaired) electrons. The molecule has 2 aromatic rings. The highest BCUT2D eigenvalue weighted by Crippen LogP contribution is 2.37. The van der Waals surface area contributed by atoms with Crippen LogP contribution in [0.1, 0.15) is 22.8 Å². The number of ether oxygens (including phenoxy) is 3. The third kappa shape index (κ3) is 2.74. The van der Waals surface area contributed by atoms with E-state index >= 15 is 0 Å². The third-order valence-corrected chi connectivity index (χ3v) is 4.93. The van der Waals surface area contributed by atoms with Crippen molar-refractivity contribution < 1.29 is 28.6 Å². The summed E-state index contributed by atoms with van der Waals surface area (Å²) in [6.45, 7) is 1.32. The topological polar surface area (TPSA) is 94.2 Å². The summed E-state index contributed by atoms with van der Waals surface area (Å²) in [5.41, 5.74) is -0.455. The molecule has 1 fully saturated rings. The lowest BCUT2D eigenvalue weighted by molar-refractivity contribution is -0.130. The van der Waals surface area contributed by atoms with Gasteiger partial charge in [0.15, 0.2) is 17.3 Å². The van der Waals surface area contributed by atoms with E-state index in [1.165, 1.54) is 7.11 Å². The number of benzene rings is 2. The van der Waals surface area contributed by atoms with E-state index in [1.807, 2.05) is 0 Å². The molecule has 2 aliphatic rings. The van der Waals surface area contributed by atoms with Gasteiger partial charge in [0.05, 0.1) is 19.2 Å². The molecular weight excluding hydrogens is 364 g/mol. The number of rotatable bonds is 5. The molecule has 144 valence electrons. The van der Waals surface area contributed by atoms with Crippen LogP contribution >= 0.6 is 0 Å². The van der Waals surface area contributed by atoms with Crippen molar-refractivity contribution in [3.8, 4) is 17.2 Å². The fourth-order valence-electron chi connectivity index (χ4n) is 3.35. The standard InChI is InChI=1S/C20H18N2O6/c1-20(12-7-8-16-17(9-12)28-11-27-16)18(24)22(19(25)21-20)10-14(23)13-5-3-4-6-15(13)26-2/h3-9H,10-11H2,1-2H3,(H,21,25)/t20-/m0/s1. The van der Waals surface area contributed by atoms with Crippen LogP contribution in [0.25, 0.3) is 0 Å². The van der Waals surface area contributed by atoms with E-state index in [1.54, 1.807) is 49.4 Å². The second-order valence-corrected chi connectivity index (χ2v) is 6.64. The zero-order valence-corrected chi connectivity index (χ0v) is 15.4. The predicted octanol–water partition coefficient (Wildman–Crippen LogP) is 2.07. The number of hydrogen-bond acceptors (Lipinski definition) is 6. The largest absolute Gasteiger partial charge is 0.496 e. The zero-order valence-electron chi connectivity index (χ0n) is 15.4. The second-order valence-electron chi connectivity index (χ2n) is 6.64. The Kier molecular flexibility index (Phi) is 4.18. The maximum atomic E-state index is 13.0. The molecule has 0 spiro atoms. The Morgan fingerprint density at radius 1 is 1.18 bits per heavy atom. The molecule has 0 saturated carbocycles. The number of carbonyl (C=O) groups excluding carboxylic acids is 3. The molecule has 28 heavy (non-hydrogen) atoms. The molecule has 0 aromatic heterocycles. The maximum absolute atomic E-state index is 13.0. The van der Waals surface area contributed by atoms with Crippen molar-refractivity contribution in [2.24, 2.45) is 0 Å². The summed E-state index contributed by atoms with van der Waals surface area (Å²) in [6.07, 6.45) is 0. The van der Waals surface area contributed by atoms with E-state index in [4.69, 9.17) is 14.2 Å². The van der Waals surface area contributed by atoms with Gasteiger partial charge in [0.1, 0.15) is 11.3 Å². The molecule has 2 aliphatic heterocycles. The van der Waals surface area contributed by atoms with E-state index < -0.39 is 23.3 Å². The van der Waals surface area contributed by atoms with Crippen LogP contribution in [0.15, 0.2) is 42.5 Å². The minimum absolute atomic E-state index is 0.106. The Labute approximate surface area is 161 Å². The van der Waals surface area contributed by atoms with Crippen LogP contribution in [-0.4, -0.2) is 43.1 Å². The second kappa shape index (κ2) is 6.56. The average molecular weight is 382 g/mol. The van der Waals surface area contributed by atoms with E-state index in [0.717, 1.165) is 4.90 Å². The third-order valence-electron chi connectivity index (χ3n) is 4.93. The maximum Gasteiger partial charge on any atom is 0.325 e. The number of fused-ring (bicyclic) bond motifs is 1. The number of methoxy groups -OCH3 is 1. The Balaban J connectivity index is 1.59. The zero-order chi connectivity index (χ0) is 19.9. The van der Waals surface area contributed by atoms with Crippen LogP contribution in [0.2, 0.25) is 0 Å². The first kappa shape index (κ1) is 17.8. The first-order chi connectivity index (χ1) is 13.4. The van der Waals surface area contributed by atoms with Gasteiger partial charge in [-0.1, -0.05) is 18.2 Å². The fourth-order valence-corrected chi connectivity index (χ4v) is 3.35. The fraction of sp³-hybridized carbons (Fsp3) is 0.250. The molecule has 3 amide bonds. The van der Waals surface area contributed by atoms with Crippen molar-refractivity contribution in [2.75, 3.05) is 20.4 Å². The van der Waals surface area contributed by atoms with Crippen molar-refractivity contribution in [1.29, 1.82) is 0 Å². The minimum Gasteiger partial charge on any atom is -0.496 e. The summed E-state index contributed by atoms with van der Waals surface area (Å²) in [6, 6.07) is 11.1. The average Bonchev–Trinajstić information content (AvgIpc) is 3.26. The lowest BCUT2D eigenvalue weighted by atomic mass is 9.91. The van der Waals surface area contributed by atoms with Gasteiger partial charge in [0.2, 0.25) is 6.79 Å². The summed E-state index contributed by atoms with van der Waals surface area (Å²) in [7, 11) is 1.45. The summed E-state index contributed by atoms with van der Waals surface area (Å²) < 4.78 is 15.8. The molecule has 2 aromatic carbocycles. The molecule has 0 bridgehead atoms. The summed E-state index contributed by atoms with van der Waals surface area (Å²) >= 11 is 0. The number of nitrogens with zero attached hydrogens (tertiary/aromatic N) is 1. The van der Waals surface area contributed by atoms with Crippen LogP contribution < -0.4 is 19.5 Å². The highest BCUT2D eigenvalue weighted by Gasteiger charge is 2.50. The molecular formula is C20H18N2O6. The SMILES string of the molecule is COc1ccccc1C(=O)CN1C(=O)N[C@@](C)(c2ccc3c(c2)OCO3)C1=O. The lowest BCUT2D eigenvalue weighted by Crippen LogP contribution is -2.41. The monoisotopic (exact) mass is 382 g/mol. The van der Waals surface area contributed by atoms with Crippen molar-refractivity contribution in [2.45, 2.75) is 12.5 Å². The molecule has 8 nitrogen and oxygen atoms in total. The Morgan fingerprint density at radius 2 is 1.93 bits per heavy atom. The predicted molar refractivity (Wildman–Crippen MR) is 97.5 cm³/mol. The van der Waals surface area contributed by atoms with Crippen LogP contribution in [0.3, 0.4) is 0 Å². The van der Waals surface area contributed by atoms with E-state index in [0.29, 0.717) is 28.4 Å². The van der Waals surface area contributed by atoms with Gasteiger partial charge in [-0.2, -0.15) is 0 Å². The molecule has 4 rings (SSSR count). The molecule has 0 aliphatic carbocycles. The number of hydrogen-bond donors (Lipinski definition) is 1. The Hall–Kier alpha value is -3.55. The molecule has 0 unspecified atom stereocenters. The molecule has 1 saturated heterocycles. The summed E-state index contributed by atoms with van der Waals surface area (Å²) in [4.78, 5) is 39.1. The van der Waals surface area contributed by atoms with E-state index in [9.17, 15) is 14.4 Å². The van der Waals surface area contributed by atoms with Gasteiger partial charge >= 0.3 is 6.03 Å². The van der Waals surface area contributed by atoms with Gasteiger partial charge in [0, 0.05) is 0 Å². The van der Waals surface area contributed by atoms with Crippen molar-refractivity contribution >= 4 is 17.7 Å². The van der Waals surface area contributed by atoms with Gasteiger partial charge in [-0.15, -0.1) is 0 Å². The summed E-state index contributed by atoms with van der Waals surface area (Å²) in [5, 5.41) is 2.68. The number of ketones is 1. The quantitative estimate of drug-likeness (QED) is 0.629. The minimum atomic E-state index is -1.31. The van der Waals surface area contributed by atoms with Gasteiger partial charge in [-0.05, 0) is 36.8 Å². The highest BCUT2D eigenvalue weighted by atomic mass is 16.7. The number of imide groups is 1. The van der Waals surface area contributed by atoms with Crippen molar-refractivity contribution in [1.82, 2.24) is 10.2 Å². The Morgan fingerprint density at radius 3 is 2.71 bits per heavy atom. The normalized spacial score (nSPS) is 20.3. The van der Waals surface area contributed by atoms with Crippen LogP contribution in [0.4, 0.5) is 4.79 Å². The van der Waals surface area contributed by atoms with Crippen molar-refractivity contribution in [3.05, 3.63) is 53.6 Å². The number of Topliss-reactive ketones (excluding diaryl/α,β-unsaturated/α-hetero) is 1. The number of urea groups is 1. The molecule has 8 heteroatoms. The molecule has 2 heterocycles. The highest BCUT2D eigenvalue weighted by molar-refractivity contribution is 6.11. The van der Waals surface area contributed by atoms with Crippen LogP contribution in [0, 0.1) is 0 Å². The Bertz CT molecular complexity index is 988. The number of carbonyl (C=O) groups is 3. The first-order valence-corrected chi connectivity index (χ1v) is 8.64. The number of amides is 3. The van der Waals surface area contributed by atoms with E-state index in [2.05, 4.69) is 5.32 Å². The lowest BCUT2D eigenvalue weighted by Gasteiger charge is -2.22. The molecule has 1 N–H and O–H groups in total. The molecule has 1 atom stereocenters. The number of nitrogens with one attached hydrogen (secondary N) is 1. The van der Waals surface area contributed by atoms with Gasteiger partial charge in [0.25, 0.3) is 5.91 Å². The van der Waals surface area contributed by atoms with Crippen LogP contribution in [0.5, 0.6) is 17.2 Å². The summed E-state index contributed by atoms with van der Waals surface area (Å²) in [5.74, 6) is 0.560. The first-order valence-electron chi connectivity index (χ1n) is 8.64. The number of para-hydroxylation sites is 1. The van der Waals surface area contributed by atoms with Gasteiger partial charge in [-0.25, -0.2) is 4.79 Å². The van der Waals surface area contributed by atoms with Gasteiger partial charge < -0.3 is 19.5 Å². The van der Waals surface area contributed by atoms with E-state index in [-0.39, 0.29) is 13.3 Å². The van der Waals surface area contributed by atoms with Crippen molar-refractivity contribution in [3.63, 3.8) is 0 Å². The van der Waals surface area contributed by atoms with Gasteiger partial charge in [-0.3, -0.25) is 14.5 Å².